The molecule has 8 atom stereocenters. The minimum Gasteiger partial charge on any atom is -0.394 e. The van der Waals surface area contributed by atoms with Gasteiger partial charge in [0, 0.05) is 0 Å². The summed E-state index contributed by atoms with van der Waals surface area (Å²) in [5, 5.41) is 65.0. The summed E-state index contributed by atoms with van der Waals surface area (Å²) in [7, 11) is 0. The molecule has 1 saturated heterocycles. The number of ether oxygens (including phenoxy) is 2. The van der Waals surface area contributed by atoms with Crippen LogP contribution >= 0.6 is 0 Å². The Hall–Kier alpha value is -1.63. The molecule has 0 radical (unpaired) electrons. The average molecular weight is 1050 g/mol. The summed E-state index contributed by atoms with van der Waals surface area (Å²) in [6.45, 7) is 3.61. The van der Waals surface area contributed by atoms with Crippen molar-refractivity contribution in [3.8, 4) is 0 Å². The fourth-order valence-electron chi connectivity index (χ4n) is 10.2. The van der Waals surface area contributed by atoms with Crippen molar-refractivity contribution in [1.82, 2.24) is 5.32 Å². The Kier molecular flexibility index (Phi) is 50.8. The number of nitrogens with one attached hydrogen (secondary N) is 1. The third-order valence-electron chi connectivity index (χ3n) is 15.3. The van der Waals surface area contributed by atoms with Crippen LogP contribution in [0.2, 0.25) is 0 Å². The molecule has 0 bridgehead atoms. The Morgan fingerprint density at radius 3 is 1.18 bits per heavy atom. The largest absolute Gasteiger partial charge is 0.394 e. The summed E-state index contributed by atoms with van der Waals surface area (Å²) in [5.74, 6) is -0.626. The van der Waals surface area contributed by atoms with Gasteiger partial charge in [-0.2, -0.15) is 0 Å². The molecule has 1 rings (SSSR count). The minimum atomic E-state index is -1.62. The van der Waals surface area contributed by atoms with E-state index in [2.05, 4.69) is 43.5 Å². The molecule has 10 heteroatoms. The van der Waals surface area contributed by atoms with Crippen molar-refractivity contribution in [1.29, 1.82) is 0 Å². The molecule has 0 spiro atoms. The highest BCUT2D eigenvalue weighted by atomic mass is 16.7. The predicted molar refractivity (Wildman–Crippen MR) is 310 cm³/mol. The monoisotopic (exact) mass is 1050 g/mol. The second-order valence-corrected chi connectivity index (χ2v) is 22.3. The van der Waals surface area contributed by atoms with Crippen molar-refractivity contribution in [2.45, 2.75) is 352 Å². The minimum absolute atomic E-state index is 0.304. The predicted octanol–water partition coefficient (Wildman–Crippen LogP) is 15.3. The first-order valence-electron chi connectivity index (χ1n) is 31.8. The summed E-state index contributed by atoms with van der Waals surface area (Å²) in [6.07, 6.45) is 60.0. The number of hydrogen-bond acceptors (Lipinski definition) is 9. The van der Waals surface area contributed by atoms with E-state index in [1.807, 2.05) is 6.08 Å². The number of aliphatic hydroxyl groups excluding tert-OH is 6. The molecule has 7 N–H and O–H groups in total. The van der Waals surface area contributed by atoms with Crippen LogP contribution in [0.5, 0.6) is 0 Å². The van der Waals surface area contributed by atoms with Gasteiger partial charge >= 0.3 is 0 Å². The Bertz CT molecular complexity index is 1280. The van der Waals surface area contributed by atoms with Gasteiger partial charge < -0.3 is 45.4 Å². The molecule has 1 fully saturated rings. The van der Waals surface area contributed by atoms with E-state index in [1.165, 1.54) is 225 Å². The quantitative estimate of drug-likeness (QED) is 0.0232. The van der Waals surface area contributed by atoms with Crippen LogP contribution in [0.25, 0.3) is 0 Å². The van der Waals surface area contributed by atoms with E-state index in [0.717, 1.165) is 44.9 Å². The zero-order valence-corrected chi connectivity index (χ0v) is 48.2. The number of unbranched alkanes of at least 4 members (excludes halogenated alkanes) is 40. The smallest absolute Gasteiger partial charge is 0.249 e. The van der Waals surface area contributed by atoms with Crippen molar-refractivity contribution in [3.05, 3.63) is 36.5 Å². The second kappa shape index (κ2) is 53.4. The normalized spacial score (nSPS) is 19.6. The first kappa shape index (κ1) is 70.4. The van der Waals surface area contributed by atoms with Crippen LogP contribution in [0.3, 0.4) is 0 Å². The number of rotatable bonds is 55. The highest BCUT2D eigenvalue weighted by molar-refractivity contribution is 5.80. The maximum atomic E-state index is 13.1. The molecule has 1 amide bonds. The highest BCUT2D eigenvalue weighted by Crippen LogP contribution is 2.23. The maximum Gasteiger partial charge on any atom is 0.249 e. The van der Waals surface area contributed by atoms with Gasteiger partial charge in [0.15, 0.2) is 6.29 Å². The van der Waals surface area contributed by atoms with Gasteiger partial charge in [0.1, 0.15) is 30.5 Å². The lowest BCUT2D eigenvalue weighted by Gasteiger charge is -2.40. The van der Waals surface area contributed by atoms with E-state index in [0.29, 0.717) is 19.3 Å². The molecular weight excluding hydrogens is 927 g/mol. The van der Waals surface area contributed by atoms with Gasteiger partial charge in [-0.25, -0.2) is 0 Å². The van der Waals surface area contributed by atoms with E-state index in [9.17, 15) is 35.4 Å². The zero-order chi connectivity index (χ0) is 53.8. The first-order chi connectivity index (χ1) is 36.3. The second-order valence-electron chi connectivity index (χ2n) is 22.3. The van der Waals surface area contributed by atoms with Gasteiger partial charge in [0.25, 0.3) is 0 Å². The van der Waals surface area contributed by atoms with Crippen LogP contribution in [-0.2, 0) is 14.3 Å². The Morgan fingerprint density at radius 2 is 0.797 bits per heavy atom. The summed E-state index contributed by atoms with van der Waals surface area (Å²) >= 11 is 0. The van der Waals surface area contributed by atoms with Gasteiger partial charge in [-0.3, -0.25) is 4.79 Å². The van der Waals surface area contributed by atoms with Crippen molar-refractivity contribution in [3.63, 3.8) is 0 Å². The van der Waals surface area contributed by atoms with Crippen molar-refractivity contribution >= 4 is 5.91 Å². The molecule has 8 unspecified atom stereocenters. The van der Waals surface area contributed by atoms with Crippen LogP contribution < -0.4 is 5.32 Å². The van der Waals surface area contributed by atoms with E-state index < -0.39 is 61.5 Å². The summed E-state index contributed by atoms with van der Waals surface area (Å²) in [5.41, 5.74) is 0. The lowest BCUT2D eigenvalue weighted by Crippen LogP contribution is -2.60. The molecule has 0 aliphatic carbocycles. The molecule has 0 aromatic rings. The molecule has 0 aromatic heterocycles. The molecule has 1 heterocycles. The molecule has 0 saturated carbocycles. The highest BCUT2D eigenvalue weighted by Gasteiger charge is 2.44. The maximum absolute atomic E-state index is 13.1. The fourth-order valence-corrected chi connectivity index (χ4v) is 10.2. The lowest BCUT2D eigenvalue weighted by atomic mass is 9.99. The Morgan fingerprint density at radius 1 is 0.459 bits per heavy atom. The Balaban J connectivity index is 2.13. The van der Waals surface area contributed by atoms with Crippen LogP contribution in [-0.4, -0.2) is 98.7 Å². The third kappa shape index (κ3) is 41.5. The number of allylic oxidation sites excluding steroid dienone is 5. The molecule has 0 aromatic carbocycles. The Labute approximate surface area is 455 Å². The van der Waals surface area contributed by atoms with Crippen LogP contribution in [0.4, 0.5) is 0 Å². The lowest BCUT2D eigenvalue weighted by molar-refractivity contribution is -0.302. The van der Waals surface area contributed by atoms with E-state index >= 15 is 0 Å². The summed E-state index contributed by atoms with van der Waals surface area (Å²) in [4.78, 5) is 13.1. The zero-order valence-electron chi connectivity index (χ0n) is 48.2. The van der Waals surface area contributed by atoms with Crippen LogP contribution in [0.15, 0.2) is 36.5 Å². The SMILES string of the molecule is CCCCCCC/C=C/CC/C=C/CC/C=C/C(O)C(COC1OC(CO)C(O)C(O)C1O)NC(=O)C(O)CCCCCCCCCCCCCCCCCCCCCCCCCCCCCCCCCCCC. The van der Waals surface area contributed by atoms with Crippen LogP contribution in [0.1, 0.15) is 303 Å². The van der Waals surface area contributed by atoms with Gasteiger partial charge in [-0.05, 0) is 44.9 Å². The standard InChI is InChI=1S/C64H121NO9/c1-3-5-7-9-11-13-15-17-19-20-21-22-23-24-25-26-27-28-29-30-31-32-33-34-35-36-37-39-41-43-45-47-49-51-53-58(68)63(72)65-56(55-73-64-62(71)61(70)60(69)59(54-66)74-64)57(67)52-50-48-46-44-42-40-38-18-16-14-12-10-8-6-4-2/h16,18,42,44,50,52,56-62,64,66-71H,3-15,17,19-41,43,45-49,51,53-55H2,1-2H3,(H,65,72)/b18-16+,44-42+,52-50+. The number of hydrogen-bond donors (Lipinski definition) is 7. The molecule has 1 aliphatic heterocycles. The molecule has 74 heavy (non-hydrogen) atoms. The van der Waals surface area contributed by atoms with E-state index in [4.69, 9.17) is 9.47 Å². The van der Waals surface area contributed by atoms with Gasteiger partial charge in [-0.15, -0.1) is 0 Å². The topological polar surface area (TPSA) is 169 Å². The molecular formula is C64H121NO9. The number of aliphatic hydroxyl groups is 6. The average Bonchev–Trinajstić information content (AvgIpc) is 3.40. The van der Waals surface area contributed by atoms with Crippen LogP contribution in [0, 0.1) is 0 Å². The third-order valence-corrected chi connectivity index (χ3v) is 15.3. The number of carbonyl (C=O) groups is 1. The van der Waals surface area contributed by atoms with Crippen molar-refractivity contribution in [2.75, 3.05) is 13.2 Å². The van der Waals surface area contributed by atoms with Gasteiger partial charge in [0.2, 0.25) is 5.91 Å². The van der Waals surface area contributed by atoms with Crippen molar-refractivity contribution < 1.29 is 44.9 Å². The van der Waals surface area contributed by atoms with Gasteiger partial charge in [-0.1, -0.05) is 294 Å². The number of amides is 1. The molecule has 10 nitrogen and oxygen atoms in total. The number of carbonyl (C=O) groups excluding carboxylic acids is 1. The first-order valence-corrected chi connectivity index (χ1v) is 31.8. The summed E-state index contributed by atoms with van der Waals surface area (Å²) in [6, 6.07) is -1.00. The molecule has 1 aliphatic rings. The fraction of sp³-hybridized carbons (Fsp3) is 0.891. The van der Waals surface area contributed by atoms with Gasteiger partial charge in [0.05, 0.1) is 25.4 Å². The van der Waals surface area contributed by atoms with E-state index in [1.54, 1.807) is 6.08 Å². The molecule has 436 valence electrons. The van der Waals surface area contributed by atoms with Crippen molar-refractivity contribution in [2.24, 2.45) is 0 Å². The summed E-state index contributed by atoms with van der Waals surface area (Å²) < 4.78 is 11.2. The van der Waals surface area contributed by atoms with E-state index in [-0.39, 0.29) is 6.61 Å².